The van der Waals surface area contributed by atoms with Crippen LogP contribution in [0.3, 0.4) is 0 Å². The Morgan fingerprint density at radius 3 is 2.77 bits per heavy atom. The normalized spacial score (nSPS) is 15.2. The Labute approximate surface area is 153 Å². The van der Waals surface area contributed by atoms with Crippen molar-refractivity contribution in [2.24, 2.45) is 7.05 Å². The van der Waals surface area contributed by atoms with Gasteiger partial charge in [0.1, 0.15) is 5.76 Å². The van der Waals surface area contributed by atoms with E-state index in [2.05, 4.69) is 27.7 Å². The topological polar surface area (TPSA) is 90.0 Å². The Bertz CT molecular complexity index is 1040. The lowest BCUT2D eigenvalue weighted by molar-refractivity contribution is 0.0947. The Kier molecular flexibility index (Phi) is 4.07. The van der Waals surface area contributed by atoms with Gasteiger partial charge in [-0.1, -0.05) is 23.4 Å². The van der Waals surface area contributed by atoms with E-state index in [1.165, 1.54) is 11.9 Å². The molecule has 4 rings (SSSR count). The summed E-state index contributed by atoms with van der Waals surface area (Å²) in [7, 11) is 1.50. The number of nitrogens with one attached hydrogen (secondary N) is 1. The third-order valence-electron chi connectivity index (χ3n) is 4.52. The molecular weight excluding hydrogens is 352 g/mol. The van der Waals surface area contributed by atoms with Crippen LogP contribution in [0.5, 0.6) is 0 Å². The molecule has 2 heterocycles. The Balaban J connectivity index is 1.54. The van der Waals surface area contributed by atoms with Crippen LogP contribution in [0.4, 0.5) is 0 Å². The van der Waals surface area contributed by atoms with E-state index in [0.29, 0.717) is 17.7 Å². The Morgan fingerprint density at radius 2 is 2.08 bits per heavy atom. The zero-order chi connectivity index (χ0) is 18.3. The fourth-order valence-electron chi connectivity index (χ4n) is 2.87. The molecule has 1 fully saturated rings. The highest BCUT2D eigenvalue weighted by atomic mass is 32.2. The summed E-state index contributed by atoms with van der Waals surface area (Å²) in [6.07, 6.45) is 2.10. The average Bonchev–Trinajstić information content (AvgIpc) is 3.29. The number of hydrogen-bond donors (Lipinski definition) is 1. The quantitative estimate of drug-likeness (QED) is 0.741. The number of benzene rings is 1. The summed E-state index contributed by atoms with van der Waals surface area (Å²) in [6.45, 7) is 2.21. The standard InChI is InChI=1S/C18H18N4O3S/c1-11-13-14(20-22(2)17(24)15(13)21-25-11)16(23)19-10-18(8-9-18)26-12-6-4-3-5-7-12/h3-7H,8-10H2,1-2H3,(H,19,23). The SMILES string of the molecule is Cc1onc2c(=O)n(C)nc(C(=O)NCC3(Sc4ccccc4)CC3)c12. The zero-order valence-corrected chi connectivity index (χ0v) is 15.3. The molecule has 0 saturated heterocycles. The highest BCUT2D eigenvalue weighted by molar-refractivity contribution is 8.01. The Hall–Kier alpha value is -2.61. The molecule has 134 valence electrons. The third kappa shape index (κ3) is 3.01. The number of thioether (sulfide) groups is 1. The highest BCUT2D eigenvalue weighted by Gasteiger charge is 2.44. The van der Waals surface area contributed by atoms with Crippen molar-refractivity contribution in [2.75, 3.05) is 6.54 Å². The zero-order valence-electron chi connectivity index (χ0n) is 14.5. The lowest BCUT2D eigenvalue weighted by Gasteiger charge is -2.16. The molecule has 1 amide bonds. The summed E-state index contributed by atoms with van der Waals surface area (Å²) in [4.78, 5) is 26.0. The van der Waals surface area contributed by atoms with Crippen LogP contribution in [-0.4, -0.2) is 32.1 Å². The van der Waals surface area contributed by atoms with Crippen LogP contribution < -0.4 is 10.9 Å². The van der Waals surface area contributed by atoms with E-state index >= 15 is 0 Å². The molecule has 0 bridgehead atoms. The van der Waals surface area contributed by atoms with Gasteiger partial charge in [0.05, 0.1) is 5.39 Å². The van der Waals surface area contributed by atoms with Gasteiger partial charge in [0.15, 0.2) is 11.2 Å². The van der Waals surface area contributed by atoms with Crippen LogP contribution in [0.1, 0.15) is 29.1 Å². The molecule has 1 aromatic carbocycles. The molecule has 2 aromatic heterocycles. The first kappa shape index (κ1) is 16.8. The van der Waals surface area contributed by atoms with Crippen LogP contribution in [0.2, 0.25) is 0 Å². The van der Waals surface area contributed by atoms with Crippen molar-refractivity contribution in [3.8, 4) is 0 Å². The van der Waals surface area contributed by atoms with Gasteiger partial charge in [-0.15, -0.1) is 11.8 Å². The van der Waals surface area contributed by atoms with Gasteiger partial charge < -0.3 is 9.84 Å². The van der Waals surface area contributed by atoms with Gasteiger partial charge >= 0.3 is 0 Å². The largest absolute Gasteiger partial charge is 0.360 e. The predicted molar refractivity (Wildman–Crippen MR) is 98.4 cm³/mol. The van der Waals surface area contributed by atoms with E-state index in [-0.39, 0.29) is 27.4 Å². The van der Waals surface area contributed by atoms with Crippen LogP contribution in [-0.2, 0) is 7.05 Å². The minimum Gasteiger partial charge on any atom is -0.360 e. The van der Waals surface area contributed by atoms with Gasteiger partial charge in [0, 0.05) is 23.2 Å². The summed E-state index contributed by atoms with van der Waals surface area (Å²) < 4.78 is 6.24. The number of carbonyl (C=O) groups excluding carboxylic acids is 1. The van der Waals surface area contributed by atoms with Gasteiger partial charge in [-0.2, -0.15) is 5.10 Å². The fraction of sp³-hybridized carbons (Fsp3) is 0.333. The number of aromatic nitrogens is 3. The minimum atomic E-state index is -0.383. The van der Waals surface area contributed by atoms with E-state index < -0.39 is 0 Å². The van der Waals surface area contributed by atoms with E-state index in [1.54, 1.807) is 18.7 Å². The first-order valence-electron chi connectivity index (χ1n) is 8.35. The molecule has 26 heavy (non-hydrogen) atoms. The molecule has 7 nitrogen and oxygen atoms in total. The summed E-state index contributed by atoms with van der Waals surface area (Å²) >= 11 is 1.79. The van der Waals surface area contributed by atoms with Crippen molar-refractivity contribution in [2.45, 2.75) is 29.4 Å². The molecule has 0 unspecified atom stereocenters. The maximum absolute atomic E-state index is 12.7. The van der Waals surface area contributed by atoms with Gasteiger partial charge in [0.25, 0.3) is 11.5 Å². The monoisotopic (exact) mass is 370 g/mol. The van der Waals surface area contributed by atoms with Crippen molar-refractivity contribution in [1.29, 1.82) is 0 Å². The predicted octanol–water partition coefficient (Wildman–Crippen LogP) is 2.28. The summed E-state index contributed by atoms with van der Waals surface area (Å²) in [6, 6.07) is 10.2. The van der Waals surface area contributed by atoms with Crippen molar-refractivity contribution in [1.82, 2.24) is 20.3 Å². The molecule has 0 atom stereocenters. The van der Waals surface area contributed by atoms with E-state index in [4.69, 9.17) is 4.52 Å². The van der Waals surface area contributed by atoms with Crippen LogP contribution in [0.15, 0.2) is 44.5 Å². The van der Waals surface area contributed by atoms with Gasteiger partial charge in [-0.25, -0.2) is 4.68 Å². The molecule has 3 aromatic rings. The molecule has 0 aliphatic heterocycles. The van der Waals surface area contributed by atoms with Crippen LogP contribution in [0, 0.1) is 6.92 Å². The molecule has 0 radical (unpaired) electrons. The molecule has 1 N–H and O–H groups in total. The number of fused-ring (bicyclic) bond motifs is 1. The van der Waals surface area contributed by atoms with E-state index in [1.807, 2.05) is 18.2 Å². The smallest absolute Gasteiger partial charge is 0.296 e. The number of carbonyl (C=O) groups is 1. The van der Waals surface area contributed by atoms with Crippen molar-refractivity contribution in [3.63, 3.8) is 0 Å². The molecular formula is C18H18N4O3S. The average molecular weight is 370 g/mol. The summed E-state index contributed by atoms with van der Waals surface area (Å²) in [5.41, 5.74) is -0.0852. The minimum absolute atomic E-state index is 0.0283. The molecule has 1 aliphatic carbocycles. The van der Waals surface area contributed by atoms with E-state index in [0.717, 1.165) is 17.5 Å². The van der Waals surface area contributed by atoms with Gasteiger partial charge in [0.2, 0.25) is 0 Å². The second-order valence-electron chi connectivity index (χ2n) is 6.52. The maximum Gasteiger partial charge on any atom is 0.296 e. The lowest BCUT2D eigenvalue weighted by Crippen LogP contribution is -2.34. The summed E-state index contributed by atoms with van der Waals surface area (Å²) in [5, 5.41) is 11.2. The first-order valence-corrected chi connectivity index (χ1v) is 9.16. The Morgan fingerprint density at radius 1 is 1.35 bits per heavy atom. The second-order valence-corrected chi connectivity index (χ2v) is 8.06. The fourth-order valence-corrected chi connectivity index (χ4v) is 4.12. The lowest BCUT2D eigenvalue weighted by atomic mass is 10.2. The number of rotatable bonds is 5. The second kappa shape index (κ2) is 6.28. The third-order valence-corrected chi connectivity index (χ3v) is 6.01. The number of aryl methyl sites for hydroxylation is 2. The van der Waals surface area contributed by atoms with Crippen LogP contribution >= 0.6 is 11.8 Å². The van der Waals surface area contributed by atoms with Gasteiger partial charge in [-0.05, 0) is 31.9 Å². The maximum atomic E-state index is 12.7. The number of hydrogen-bond acceptors (Lipinski definition) is 6. The van der Waals surface area contributed by atoms with E-state index in [9.17, 15) is 9.59 Å². The molecule has 0 spiro atoms. The molecule has 1 aliphatic rings. The van der Waals surface area contributed by atoms with Crippen molar-refractivity contribution in [3.05, 3.63) is 52.1 Å². The number of amides is 1. The summed E-state index contributed by atoms with van der Waals surface area (Å²) in [5.74, 6) is 0.0898. The molecule has 8 heteroatoms. The highest BCUT2D eigenvalue weighted by Crippen LogP contribution is 2.51. The van der Waals surface area contributed by atoms with Gasteiger partial charge in [-0.3, -0.25) is 9.59 Å². The van der Waals surface area contributed by atoms with Crippen LogP contribution in [0.25, 0.3) is 10.9 Å². The van der Waals surface area contributed by atoms with Crippen molar-refractivity contribution < 1.29 is 9.32 Å². The van der Waals surface area contributed by atoms with Crippen molar-refractivity contribution >= 4 is 28.6 Å². The molecule has 1 saturated carbocycles. The number of nitrogens with zero attached hydrogens (tertiary/aromatic N) is 3. The first-order chi connectivity index (χ1) is 12.5.